The standard InChI is InChI=1S/C26H24ClN5O3/c27-19-5-6-22(29-15-19)30-26(34)24-23(20-3-1-2-4-21(20)35-24)31-25(33)18-9-13-32(14-10-18)16-17-7-11-28-12-8-17/h1-8,11-12,15,18H,9-10,13-14,16H2,(H,31,33)(H,29,30,34). The van der Waals surface area contributed by atoms with Gasteiger partial charge in [-0.1, -0.05) is 23.7 Å². The number of para-hydroxylation sites is 1. The molecule has 35 heavy (non-hydrogen) atoms. The summed E-state index contributed by atoms with van der Waals surface area (Å²) >= 11 is 5.88. The van der Waals surface area contributed by atoms with Gasteiger partial charge in [0.25, 0.3) is 5.91 Å². The van der Waals surface area contributed by atoms with E-state index in [0.29, 0.717) is 27.5 Å². The van der Waals surface area contributed by atoms with Gasteiger partial charge in [-0.15, -0.1) is 0 Å². The van der Waals surface area contributed by atoms with Crippen molar-refractivity contribution in [2.75, 3.05) is 23.7 Å². The van der Waals surface area contributed by atoms with Gasteiger partial charge in [-0.2, -0.15) is 0 Å². The topological polar surface area (TPSA) is 100 Å². The number of piperidine rings is 1. The largest absolute Gasteiger partial charge is 0.449 e. The van der Waals surface area contributed by atoms with Crippen molar-refractivity contribution in [3.8, 4) is 0 Å². The number of carbonyl (C=O) groups excluding carboxylic acids is 2. The molecule has 1 saturated heterocycles. The van der Waals surface area contributed by atoms with Crippen molar-refractivity contribution in [2.24, 2.45) is 5.92 Å². The van der Waals surface area contributed by atoms with Crippen LogP contribution in [0.4, 0.5) is 11.5 Å². The van der Waals surface area contributed by atoms with Crippen LogP contribution in [-0.2, 0) is 11.3 Å². The van der Waals surface area contributed by atoms with E-state index in [-0.39, 0.29) is 17.6 Å². The van der Waals surface area contributed by atoms with Crippen molar-refractivity contribution in [3.63, 3.8) is 0 Å². The summed E-state index contributed by atoms with van der Waals surface area (Å²) in [7, 11) is 0. The van der Waals surface area contributed by atoms with Gasteiger partial charge in [0, 0.05) is 36.4 Å². The summed E-state index contributed by atoms with van der Waals surface area (Å²) in [6.45, 7) is 2.48. The Morgan fingerprint density at radius 1 is 1.03 bits per heavy atom. The van der Waals surface area contributed by atoms with E-state index in [0.717, 1.165) is 32.5 Å². The van der Waals surface area contributed by atoms with Crippen LogP contribution in [0.3, 0.4) is 0 Å². The zero-order chi connectivity index (χ0) is 24.2. The number of hydrogen-bond acceptors (Lipinski definition) is 6. The molecule has 1 aromatic carbocycles. The molecular weight excluding hydrogens is 466 g/mol. The maximum atomic E-state index is 13.2. The number of pyridine rings is 2. The highest BCUT2D eigenvalue weighted by Gasteiger charge is 2.28. The summed E-state index contributed by atoms with van der Waals surface area (Å²) in [5, 5.41) is 6.82. The highest BCUT2D eigenvalue weighted by atomic mass is 35.5. The van der Waals surface area contributed by atoms with E-state index in [4.69, 9.17) is 16.0 Å². The van der Waals surface area contributed by atoms with Crippen LogP contribution in [0.2, 0.25) is 5.02 Å². The molecule has 1 fully saturated rings. The number of furan rings is 1. The molecule has 0 saturated carbocycles. The highest BCUT2D eigenvalue weighted by molar-refractivity contribution is 6.30. The highest BCUT2D eigenvalue weighted by Crippen LogP contribution is 2.32. The zero-order valence-corrected chi connectivity index (χ0v) is 19.7. The summed E-state index contributed by atoms with van der Waals surface area (Å²) < 4.78 is 5.83. The molecule has 0 atom stereocenters. The number of nitrogens with one attached hydrogen (secondary N) is 2. The normalized spacial score (nSPS) is 14.7. The molecule has 4 aromatic rings. The lowest BCUT2D eigenvalue weighted by molar-refractivity contribution is -0.121. The molecule has 0 spiro atoms. The van der Waals surface area contributed by atoms with Crippen LogP contribution < -0.4 is 10.6 Å². The third kappa shape index (κ3) is 5.34. The molecule has 1 aliphatic rings. The minimum Gasteiger partial charge on any atom is -0.449 e. The van der Waals surface area contributed by atoms with Crippen molar-refractivity contribution in [2.45, 2.75) is 19.4 Å². The lowest BCUT2D eigenvalue weighted by Crippen LogP contribution is -2.37. The van der Waals surface area contributed by atoms with Gasteiger partial charge in [0.15, 0.2) is 0 Å². The molecule has 8 nitrogen and oxygen atoms in total. The molecule has 0 unspecified atom stereocenters. The fourth-order valence-electron chi connectivity index (χ4n) is 4.28. The Balaban J connectivity index is 1.29. The Morgan fingerprint density at radius 2 is 1.80 bits per heavy atom. The van der Waals surface area contributed by atoms with Gasteiger partial charge in [-0.3, -0.25) is 19.5 Å². The molecule has 2 amide bonds. The van der Waals surface area contributed by atoms with Crippen LogP contribution in [0.5, 0.6) is 0 Å². The van der Waals surface area contributed by atoms with Gasteiger partial charge in [0.1, 0.15) is 17.1 Å². The van der Waals surface area contributed by atoms with Gasteiger partial charge in [-0.05, 0) is 67.9 Å². The average Bonchev–Trinajstić information content (AvgIpc) is 3.25. The number of aromatic nitrogens is 2. The minimum atomic E-state index is -0.501. The van der Waals surface area contributed by atoms with Crippen LogP contribution in [0.15, 0.2) is 71.5 Å². The predicted octanol–water partition coefficient (Wildman–Crippen LogP) is 4.98. The Morgan fingerprint density at radius 3 is 2.54 bits per heavy atom. The van der Waals surface area contributed by atoms with Crippen molar-refractivity contribution < 1.29 is 14.0 Å². The number of likely N-dealkylation sites (tertiary alicyclic amines) is 1. The van der Waals surface area contributed by atoms with Gasteiger partial charge in [-0.25, -0.2) is 4.98 Å². The first kappa shape index (κ1) is 23.0. The lowest BCUT2D eigenvalue weighted by atomic mass is 9.95. The quantitative estimate of drug-likeness (QED) is 0.396. The number of nitrogens with zero attached hydrogens (tertiary/aromatic N) is 3. The molecule has 1 aliphatic heterocycles. The van der Waals surface area contributed by atoms with E-state index in [2.05, 4.69) is 25.5 Å². The van der Waals surface area contributed by atoms with E-state index in [1.165, 1.54) is 11.8 Å². The van der Waals surface area contributed by atoms with Crippen molar-refractivity contribution in [1.82, 2.24) is 14.9 Å². The van der Waals surface area contributed by atoms with E-state index in [9.17, 15) is 9.59 Å². The monoisotopic (exact) mass is 489 g/mol. The second-order valence-electron chi connectivity index (χ2n) is 8.51. The van der Waals surface area contributed by atoms with Crippen molar-refractivity contribution >= 4 is 45.9 Å². The third-order valence-corrected chi connectivity index (χ3v) is 6.36. The number of benzene rings is 1. The van der Waals surface area contributed by atoms with Crippen molar-refractivity contribution in [1.29, 1.82) is 0 Å². The lowest BCUT2D eigenvalue weighted by Gasteiger charge is -2.31. The van der Waals surface area contributed by atoms with E-state index < -0.39 is 5.91 Å². The van der Waals surface area contributed by atoms with Crippen LogP contribution in [0.1, 0.15) is 29.0 Å². The molecule has 4 heterocycles. The Hall–Kier alpha value is -3.75. The molecule has 0 aliphatic carbocycles. The second-order valence-corrected chi connectivity index (χ2v) is 8.95. The summed E-state index contributed by atoms with van der Waals surface area (Å²) in [4.78, 5) is 36.7. The van der Waals surface area contributed by atoms with E-state index in [1.54, 1.807) is 30.6 Å². The maximum Gasteiger partial charge on any atom is 0.294 e. The summed E-state index contributed by atoms with van der Waals surface area (Å²) in [5.41, 5.74) is 2.10. The number of amides is 2. The first-order chi connectivity index (χ1) is 17.1. The number of anilines is 2. The number of fused-ring (bicyclic) bond motifs is 1. The molecule has 3 aromatic heterocycles. The van der Waals surface area contributed by atoms with Crippen LogP contribution in [-0.4, -0.2) is 39.8 Å². The van der Waals surface area contributed by atoms with Gasteiger partial charge >= 0.3 is 0 Å². The molecule has 5 rings (SSSR count). The van der Waals surface area contributed by atoms with Gasteiger partial charge in [0.2, 0.25) is 11.7 Å². The fraction of sp³-hybridized carbons (Fsp3) is 0.231. The zero-order valence-electron chi connectivity index (χ0n) is 18.9. The third-order valence-electron chi connectivity index (χ3n) is 6.13. The van der Waals surface area contributed by atoms with Gasteiger partial charge < -0.3 is 15.1 Å². The Kier molecular flexibility index (Phi) is 6.74. The predicted molar refractivity (Wildman–Crippen MR) is 134 cm³/mol. The van der Waals surface area contributed by atoms with Crippen LogP contribution in [0.25, 0.3) is 11.0 Å². The van der Waals surface area contributed by atoms with Crippen LogP contribution in [0, 0.1) is 5.92 Å². The van der Waals surface area contributed by atoms with E-state index >= 15 is 0 Å². The molecular formula is C26H24ClN5O3. The van der Waals surface area contributed by atoms with E-state index in [1.807, 2.05) is 30.3 Å². The summed E-state index contributed by atoms with van der Waals surface area (Å²) in [5.74, 6) is -0.395. The first-order valence-electron chi connectivity index (χ1n) is 11.4. The number of hydrogen-bond donors (Lipinski definition) is 2. The first-order valence-corrected chi connectivity index (χ1v) is 11.8. The molecule has 0 radical (unpaired) electrons. The second kappa shape index (κ2) is 10.2. The SMILES string of the molecule is O=C(Nc1ccc(Cl)cn1)c1oc2ccccc2c1NC(=O)C1CCN(Cc2ccncc2)CC1. The molecule has 0 bridgehead atoms. The Bertz CT molecular complexity index is 1330. The molecule has 2 N–H and O–H groups in total. The Labute approximate surface area is 207 Å². The average molecular weight is 490 g/mol. The summed E-state index contributed by atoms with van der Waals surface area (Å²) in [6, 6.07) is 14.5. The summed E-state index contributed by atoms with van der Waals surface area (Å²) in [6.07, 6.45) is 6.51. The maximum absolute atomic E-state index is 13.2. The van der Waals surface area contributed by atoms with Crippen molar-refractivity contribution in [3.05, 3.63) is 83.5 Å². The smallest absolute Gasteiger partial charge is 0.294 e. The number of halogens is 1. The molecule has 9 heteroatoms. The number of rotatable bonds is 6. The van der Waals surface area contributed by atoms with Crippen LogP contribution >= 0.6 is 11.6 Å². The van der Waals surface area contributed by atoms with Gasteiger partial charge in [0.05, 0.1) is 5.02 Å². The fourth-order valence-corrected chi connectivity index (χ4v) is 4.39. The minimum absolute atomic E-state index is 0.0337. The molecule has 178 valence electrons. The number of carbonyl (C=O) groups is 2.